The molecule has 6 heteroatoms. The van der Waals surface area contributed by atoms with Crippen molar-refractivity contribution >= 4 is 17.3 Å². The lowest BCUT2D eigenvalue weighted by atomic mass is 9.81. The maximum Gasteiger partial charge on any atom is 0.311 e. The van der Waals surface area contributed by atoms with Crippen LogP contribution in [0.15, 0.2) is 12.1 Å². The normalized spacial score (nSPS) is 21.8. The summed E-state index contributed by atoms with van der Waals surface area (Å²) in [6, 6.07) is 3.12. The van der Waals surface area contributed by atoms with Crippen LogP contribution in [0.2, 0.25) is 0 Å². The Morgan fingerprint density at radius 1 is 1.29 bits per heavy atom. The summed E-state index contributed by atoms with van der Waals surface area (Å²) in [6.45, 7) is 3.01. The summed E-state index contributed by atoms with van der Waals surface area (Å²) >= 11 is 0. The van der Waals surface area contributed by atoms with Crippen LogP contribution < -0.4 is 10.6 Å². The molecule has 6 nitrogen and oxygen atoms in total. The van der Waals surface area contributed by atoms with Gasteiger partial charge in [-0.1, -0.05) is 26.2 Å². The molecule has 0 aromatic carbocycles. The Balaban J connectivity index is 1.97. The fraction of sp³-hybridized carbons (Fsp3) is 0.667. The molecule has 1 saturated carbocycles. The highest BCUT2D eigenvalue weighted by atomic mass is 16.6. The lowest BCUT2D eigenvalue weighted by Gasteiger charge is -2.27. The van der Waals surface area contributed by atoms with Crippen molar-refractivity contribution in [3.05, 3.63) is 22.2 Å². The summed E-state index contributed by atoms with van der Waals surface area (Å²) in [5.41, 5.74) is 0.0382. The Morgan fingerprint density at radius 2 is 1.95 bits per heavy atom. The van der Waals surface area contributed by atoms with Gasteiger partial charge in [0.25, 0.3) is 0 Å². The van der Waals surface area contributed by atoms with Gasteiger partial charge in [-0.25, -0.2) is 4.98 Å². The molecule has 0 amide bonds. The van der Waals surface area contributed by atoms with Crippen molar-refractivity contribution in [2.75, 3.05) is 24.2 Å². The molecule has 0 atom stereocenters. The van der Waals surface area contributed by atoms with Gasteiger partial charge in [0, 0.05) is 19.7 Å². The third-order valence-corrected chi connectivity index (χ3v) is 4.43. The second-order valence-corrected chi connectivity index (χ2v) is 5.75. The standard InChI is InChI=1S/C15H24N4O2/c1-3-11-4-6-12(7-5-11)10-17-15-13(19(20)21)8-9-14(16-2)18-15/h8-9,11-12H,3-7,10H2,1-2H3,(H2,16,17,18). The van der Waals surface area contributed by atoms with Gasteiger partial charge in [-0.05, 0) is 30.7 Å². The minimum atomic E-state index is -0.386. The molecule has 0 unspecified atom stereocenters. The minimum Gasteiger partial charge on any atom is -0.373 e. The van der Waals surface area contributed by atoms with Crippen LogP contribution in [0.4, 0.5) is 17.3 Å². The van der Waals surface area contributed by atoms with E-state index in [-0.39, 0.29) is 10.6 Å². The quantitative estimate of drug-likeness (QED) is 0.618. The van der Waals surface area contributed by atoms with Gasteiger partial charge in [-0.2, -0.15) is 0 Å². The van der Waals surface area contributed by atoms with Crippen LogP contribution in [-0.4, -0.2) is 23.5 Å². The highest BCUT2D eigenvalue weighted by Crippen LogP contribution is 2.31. The fourth-order valence-electron chi connectivity index (χ4n) is 2.95. The van der Waals surface area contributed by atoms with Crippen LogP contribution in [-0.2, 0) is 0 Å². The molecule has 1 aromatic rings. The zero-order valence-corrected chi connectivity index (χ0v) is 12.8. The molecular weight excluding hydrogens is 268 g/mol. The highest BCUT2D eigenvalue weighted by molar-refractivity contribution is 5.60. The Labute approximate surface area is 125 Å². The van der Waals surface area contributed by atoms with Gasteiger partial charge in [0.15, 0.2) is 0 Å². The van der Waals surface area contributed by atoms with E-state index in [1.807, 2.05) is 0 Å². The Hall–Kier alpha value is -1.85. The first-order valence-electron chi connectivity index (χ1n) is 7.71. The van der Waals surface area contributed by atoms with Gasteiger partial charge in [0.05, 0.1) is 4.92 Å². The maximum atomic E-state index is 11.1. The first-order chi connectivity index (χ1) is 10.1. The Morgan fingerprint density at radius 3 is 2.52 bits per heavy atom. The third kappa shape index (κ3) is 4.06. The van der Waals surface area contributed by atoms with Crippen LogP contribution in [0.3, 0.4) is 0 Å². The fourth-order valence-corrected chi connectivity index (χ4v) is 2.95. The molecular formula is C15H24N4O2. The van der Waals surface area contributed by atoms with Crippen molar-refractivity contribution in [2.45, 2.75) is 39.0 Å². The molecule has 0 radical (unpaired) electrons. The number of pyridine rings is 1. The molecule has 2 rings (SSSR count). The molecule has 0 saturated heterocycles. The van der Waals surface area contributed by atoms with Crippen LogP contribution in [0.25, 0.3) is 0 Å². The van der Waals surface area contributed by atoms with Gasteiger partial charge >= 0.3 is 5.69 Å². The molecule has 0 spiro atoms. The summed E-state index contributed by atoms with van der Waals surface area (Å²) in [6.07, 6.45) is 6.21. The molecule has 1 aliphatic rings. The average Bonchev–Trinajstić information content (AvgIpc) is 2.52. The zero-order chi connectivity index (χ0) is 15.2. The van der Waals surface area contributed by atoms with Crippen molar-refractivity contribution in [3.63, 3.8) is 0 Å². The van der Waals surface area contributed by atoms with E-state index in [0.717, 1.165) is 12.5 Å². The van der Waals surface area contributed by atoms with Crippen LogP contribution in [0, 0.1) is 22.0 Å². The van der Waals surface area contributed by atoms with Gasteiger partial charge in [0.2, 0.25) is 5.82 Å². The van der Waals surface area contributed by atoms with E-state index in [1.165, 1.54) is 38.2 Å². The van der Waals surface area contributed by atoms with E-state index in [4.69, 9.17) is 0 Å². The number of nitrogens with one attached hydrogen (secondary N) is 2. The van der Waals surface area contributed by atoms with E-state index in [1.54, 1.807) is 13.1 Å². The summed E-state index contributed by atoms with van der Waals surface area (Å²) in [7, 11) is 1.75. The summed E-state index contributed by atoms with van der Waals surface area (Å²) < 4.78 is 0. The molecule has 2 N–H and O–H groups in total. The molecule has 0 aliphatic heterocycles. The largest absolute Gasteiger partial charge is 0.373 e. The van der Waals surface area contributed by atoms with Crippen LogP contribution >= 0.6 is 0 Å². The number of hydrogen-bond acceptors (Lipinski definition) is 5. The SMILES string of the molecule is CCC1CCC(CNc2nc(NC)ccc2[N+](=O)[O-])CC1. The number of aromatic nitrogens is 1. The van der Waals surface area contributed by atoms with Gasteiger partial charge < -0.3 is 10.6 Å². The molecule has 1 heterocycles. The van der Waals surface area contributed by atoms with E-state index in [2.05, 4.69) is 22.5 Å². The smallest absolute Gasteiger partial charge is 0.311 e. The van der Waals surface area contributed by atoms with Crippen LogP contribution in [0.1, 0.15) is 39.0 Å². The Bertz CT molecular complexity index is 485. The van der Waals surface area contributed by atoms with Crippen molar-refractivity contribution < 1.29 is 4.92 Å². The lowest BCUT2D eigenvalue weighted by Crippen LogP contribution is -2.21. The number of hydrogen-bond donors (Lipinski definition) is 2. The highest BCUT2D eigenvalue weighted by Gasteiger charge is 2.21. The summed E-state index contributed by atoms with van der Waals surface area (Å²) in [5.74, 6) is 2.45. The molecule has 116 valence electrons. The van der Waals surface area contributed by atoms with Gasteiger partial charge in [0.1, 0.15) is 5.82 Å². The first kappa shape index (κ1) is 15.5. The monoisotopic (exact) mass is 292 g/mol. The average molecular weight is 292 g/mol. The van der Waals surface area contributed by atoms with Crippen molar-refractivity contribution in [1.29, 1.82) is 0 Å². The molecule has 0 bridgehead atoms. The predicted molar refractivity (Wildman–Crippen MR) is 84.7 cm³/mol. The Kier molecular flexibility index (Phi) is 5.36. The first-order valence-corrected chi connectivity index (χ1v) is 7.71. The topological polar surface area (TPSA) is 80.1 Å². The minimum absolute atomic E-state index is 0.0382. The van der Waals surface area contributed by atoms with E-state index in [9.17, 15) is 10.1 Å². The number of anilines is 2. The third-order valence-electron chi connectivity index (χ3n) is 4.43. The number of nitro groups is 1. The van der Waals surface area contributed by atoms with E-state index >= 15 is 0 Å². The van der Waals surface area contributed by atoms with Crippen molar-refractivity contribution in [1.82, 2.24) is 4.98 Å². The van der Waals surface area contributed by atoms with Crippen molar-refractivity contribution in [3.8, 4) is 0 Å². The van der Waals surface area contributed by atoms with Crippen LogP contribution in [0.5, 0.6) is 0 Å². The molecule has 1 aliphatic carbocycles. The number of rotatable bonds is 6. The summed E-state index contributed by atoms with van der Waals surface area (Å²) in [4.78, 5) is 14.9. The predicted octanol–water partition coefficient (Wildman–Crippen LogP) is 3.66. The number of nitrogens with zero attached hydrogens (tertiary/aromatic N) is 2. The maximum absolute atomic E-state index is 11.1. The zero-order valence-electron chi connectivity index (χ0n) is 12.8. The molecule has 1 fully saturated rings. The van der Waals surface area contributed by atoms with Gasteiger partial charge in [-0.15, -0.1) is 0 Å². The second kappa shape index (κ2) is 7.24. The lowest BCUT2D eigenvalue weighted by molar-refractivity contribution is -0.384. The van der Waals surface area contributed by atoms with Gasteiger partial charge in [-0.3, -0.25) is 10.1 Å². The molecule has 21 heavy (non-hydrogen) atoms. The van der Waals surface area contributed by atoms with E-state index < -0.39 is 0 Å². The summed E-state index contributed by atoms with van der Waals surface area (Å²) in [5, 5.41) is 17.1. The van der Waals surface area contributed by atoms with Crippen molar-refractivity contribution in [2.24, 2.45) is 11.8 Å². The van der Waals surface area contributed by atoms with E-state index in [0.29, 0.717) is 17.6 Å². The second-order valence-electron chi connectivity index (χ2n) is 5.75. The molecule has 1 aromatic heterocycles.